The van der Waals surface area contributed by atoms with Crippen molar-refractivity contribution >= 4 is 17.4 Å². The van der Waals surface area contributed by atoms with E-state index in [1.54, 1.807) is 18.2 Å². The number of aliphatic imine (C=N–C) groups is 1. The van der Waals surface area contributed by atoms with Crippen LogP contribution in [-0.2, 0) is 4.84 Å². The molecule has 1 saturated heterocycles. The van der Waals surface area contributed by atoms with Gasteiger partial charge in [0.1, 0.15) is 17.3 Å². The van der Waals surface area contributed by atoms with Crippen LogP contribution in [-0.4, -0.2) is 49.9 Å². The summed E-state index contributed by atoms with van der Waals surface area (Å²) < 4.78 is 6.10. The van der Waals surface area contributed by atoms with Gasteiger partial charge < -0.3 is 15.0 Å². The largest absolute Gasteiger partial charge is 0.454 e. The fourth-order valence-electron chi connectivity index (χ4n) is 3.13. The van der Waals surface area contributed by atoms with Crippen LogP contribution in [0.1, 0.15) is 15.9 Å². The van der Waals surface area contributed by atoms with E-state index in [2.05, 4.69) is 15.7 Å². The molecule has 2 aliphatic rings. The number of carbonyl (C=O) groups is 1. The molecule has 2 aromatic rings. The molecule has 0 aromatic heterocycles. The van der Waals surface area contributed by atoms with E-state index in [1.165, 1.54) is 7.11 Å². The van der Waals surface area contributed by atoms with Crippen molar-refractivity contribution in [1.29, 1.82) is 0 Å². The quantitative estimate of drug-likeness (QED) is 0.810. The Hall–Kier alpha value is -2.90. The van der Waals surface area contributed by atoms with Crippen LogP contribution >= 0.6 is 0 Å². The highest BCUT2D eigenvalue weighted by Crippen LogP contribution is 2.38. The molecule has 2 aromatic carbocycles. The summed E-state index contributed by atoms with van der Waals surface area (Å²) in [4.78, 5) is 23.9. The number of nitrogens with zero attached hydrogens (tertiary/aromatic N) is 2. The van der Waals surface area contributed by atoms with Crippen LogP contribution < -0.4 is 15.5 Å². The molecule has 1 amide bonds. The van der Waals surface area contributed by atoms with Gasteiger partial charge in [0, 0.05) is 31.7 Å². The number of carbonyl (C=O) groups excluding carboxylic acids is 1. The second-order valence-corrected chi connectivity index (χ2v) is 6.09. The topological polar surface area (TPSA) is 75.2 Å². The van der Waals surface area contributed by atoms with Crippen LogP contribution in [0.25, 0.3) is 0 Å². The zero-order valence-corrected chi connectivity index (χ0v) is 14.5. The summed E-state index contributed by atoms with van der Waals surface area (Å²) in [6.45, 7) is 3.55. The van der Waals surface area contributed by atoms with Gasteiger partial charge in [0.15, 0.2) is 5.75 Å². The molecular weight excluding hydrogens is 332 g/mol. The number of nitrogens with one attached hydrogen (secondary N) is 2. The van der Waals surface area contributed by atoms with Gasteiger partial charge in [0.05, 0.1) is 12.7 Å². The van der Waals surface area contributed by atoms with Crippen molar-refractivity contribution in [3.63, 3.8) is 0 Å². The Balaban J connectivity index is 1.80. The monoisotopic (exact) mass is 352 g/mol. The number of hydrogen-bond acceptors (Lipinski definition) is 6. The van der Waals surface area contributed by atoms with Gasteiger partial charge in [-0.2, -0.15) is 0 Å². The molecule has 0 aliphatic carbocycles. The van der Waals surface area contributed by atoms with Gasteiger partial charge in [-0.05, 0) is 30.3 Å². The Labute approximate surface area is 151 Å². The lowest BCUT2D eigenvalue weighted by atomic mass is 10.1. The van der Waals surface area contributed by atoms with Gasteiger partial charge in [-0.1, -0.05) is 12.1 Å². The standard InChI is InChI=1S/C19H20N4O3/c1-25-22-19(24)13-6-7-17-15(12-13)21-18(23-10-8-20-9-11-23)14-4-2-3-5-16(14)26-17/h2-7,12,20H,8-11H2,1H3,(H,22,24). The summed E-state index contributed by atoms with van der Waals surface area (Å²) in [6, 6.07) is 13.1. The minimum Gasteiger partial charge on any atom is -0.454 e. The highest BCUT2D eigenvalue weighted by molar-refractivity contribution is 6.04. The first-order valence-corrected chi connectivity index (χ1v) is 8.55. The summed E-state index contributed by atoms with van der Waals surface area (Å²) in [6.07, 6.45) is 0. The number of ether oxygens (including phenoxy) is 1. The van der Waals surface area contributed by atoms with Gasteiger partial charge in [-0.15, -0.1) is 0 Å². The van der Waals surface area contributed by atoms with Crippen LogP contribution in [0.3, 0.4) is 0 Å². The highest BCUT2D eigenvalue weighted by atomic mass is 16.6. The molecule has 26 heavy (non-hydrogen) atoms. The summed E-state index contributed by atoms with van der Waals surface area (Å²) in [5.74, 6) is 1.93. The summed E-state index contributed by atoms with van der Waals surface area (Å²) >= 11 is 0. The SMILES string of the molecule is CONC(=O)c1ccc2c(c1)N=C(N1CCNCC1)c1ccccc1O2. The average molecular weight is 352 g/mol. The van der Waals surface area contributed by atoms with Gasteiger partial charge in [-0.25, -0.2) is 10.5 Å². The molecule has 0 atom stereocenters. The van der Waals surface area contributed by atoms with E-state index in [0.29, 0.717) is 17.0 Å². The molecule has 4 rings (SSSR count). The zero-order valence-electron chi connectivity index (χ0n) is 14.5. The fraction of sp³-hybridized carbons (Fsp3) is 0.263. The Morgan fingerprint density at radius 3 is 2.81 bits per heavy atom. The van der Waals surface area contributed by atoms with E-state index >= 15 is 0 Å². The maximum absolute atomic E-state index is 12.1. The molecule has 0 saturated carbocycles. The van der Waals surface area contributed by atoms with Crippen molar-refractivity contribution in [1.82, 2.24) is 15.7 Å². The number of amidine groups is 1. The molecule has 134 valence electrons. The lowest BCUT2D eigenvalue weighted by Crippen LogP contribution is -2.46. The van der Waals surface area contributed by atoms with Crippen molar-refractivity contribution < 1.29 is 14.4 Å². The number of amides is 1. The van der Waals surface area contributed by atoms with Gasteiger partial charge in [0.2, 0.25) is 0 Å². The highest BCUT2D eigenvalue weighted by Gasteiger charge is 2.24. The lowest BCUT2D eigenvalue weighted by Gasteiger charge is -2.30. The summed E-state index contributed by atoms with van der Waals surface area (Å²) in [7, 11) is 1.40. The fourth-order valence-corrected chi connectivity index (χ4v) is 3.13. The molecule has 7 heteroatoms. The number of benzene rings is 2. The molecule has 7 nitrogen and oxygen atoms in total. The molecule has 2 aliphatic heterocycles. The molecule has 0 unspecified atom stereocenters. The van der Waals surface area contributed by atoms with Crippen LogP contribution in [0.2, 0.25) is 0 Å². The third kappa shape index (κ3) is 3.14. The number of rotatable bonds is 2. The number of fused-ring (bicyclic) bond motifs is 2. The van der Waals surface area contributed by atoms with Gasteiger partial charge >= 0.3 is 0 Å². The van der Waals surface area contributed by atoms with Crippen LogP contribution in [0.4, 0.5) is 5.69 Å². The predicted molar refractivity (Wildman–Crippen MR) is 98.1 cm³/mol. The van der Waals surface area contributed by atoms with Crippen molar-refractivity contribution in [2.75, 3.05) is 33.3 Å². The minimum atomic E-state index is -0.323. The van der Waals surface area contributed by atoms with Crippen molar-refractivity contribution in [2.24, 2.45) is 4.99 Å². The third-order valence-corrected chi connectivity index (χ3v) is 4.41. The van der Waals surface area contributed by atoms with E-state index in [0.717, 1.165) is 43.3 Å². The Kier molecular flexibility index (Phi) is 4.55. The second-order valence-electron chi connectivity index (χ2n) is 6.09. The van der Waals surface area contributed by atoms with E-state index in [4.69, 9.17) is 14.6 Å². The minimum absolute atomic E-state index is 0.323. The Bertz CT molecular complexity index is 860. The number of para-hydroxylation sites is 1. The predicted octanol–water partition coefficient (Wildman–Crippen LogP) is 2.07. The molecular formula is C19H20N4O3. The Morgan fingerprint density at radius 2 is 2.00 bits per heavy atom. The number of hydroxylamine groups is 1. The first-order valence-electron chi connectivity index (χ1n) is 8.55. The average Bonchev–Trinajstić information content (AvgIpc) is 2.85. The normalized spacial score (nSPS) is 15.9. The van der Waals surface area contributed by atoms with Crippen molar-refractivity contribution in [2.45, 2.75) is 0 Å². The maximum atomic E-state index is 12.1. The van der Waals surface area contributed by atoms with Crippen LogP contribution in [0, 0.1) is 0 Å². The summed E-state index contributed by atoms with van der Waals surface area (Å²) in [5.41, 5.74) is 4.37. The van der Waals surface area contributed by atoms with Gasteiger partial charge in [-0.3, -0.25) is 9.63 Å². The molecule has 2 N–H and O–H groups in total. The smallest absolute Gasteiger partial charge is 0.274 e. The third-order valence-electron chi connectivity index (χ3n) is 4.41. The molecule has 0 bridgehead atoms. The van der Waals surface area contributed by atoms with Crippen LogP contribution in [0.5, 0.6) is 11.5 Å². The molecule has 0 spiro atoms. The number of hydrogen-bond donors (Lipinski definition) is 2. The first kappa shape index (κ1) is 16.6. The van der Waals surface area contributed by atoms with E-state index in [1.807, 2.05) is 24.3 Å². The van der Waals surface area contributed by atoms with Gasteiger partial charge in [0.25, 0.3) is 5.91 Å². The van der Waals surface area contributed by atoms with Crippen molar-refractivity contribution in [3.05, 3.63) is 53.6 Å². The maximum Gasteiger partial charge on any atom is 0.274 e. The second kappa shape index (κ2) is 7.15. The summed E-state index contributed by atoms with van der Waals surface area (Å²) in [5, 5.41) is 3.36. The van der Waals surface area contributed by atoms with E-state index in [-0.39, 0.29) is 5.91 Å². The Morgan fingerprint density at radius 1 is 1.19 bits per heavy atom. The molecule has 2 heterocycles. The lowest BCUT2D eigenvalue weighted by molar-refractivity contribution is 0.0537. The van der Waals surface area contributed by atoms with Crippen molar-refractivity contribution in [3.8, 4) is 11.5 Å². The molecule has 1 fully saturated rings. The number of piperazine rings is 1. The zero-order chi connectivity index (χ0) is 17.9. The first-order chi connectivity index (χ1) is 12.8. The molecule has 0 radical (unpaired) electrons. The van der Waals surface area contributed by atoms with E-state index < -0.39 is 0 Å². The van der Waals surface area contributed by atoms with E-state index in [9.17, 15) is 4.79 Å². The van der Waals surface area contributed by atoms with Crippen LogP contribution in [0.15, 0.2) is 47.5 Å².